The molecule has 0 bridgehead atoms. The van der Waals surface area contributed by atoms with Crippen molar-refractivity contribution < 1.29 is 17.4 Å². The Balaban J connectivity index is 1.31. The molecular formula is C20H22N6O4S2. The van der Waals surface area contributed by atoms with Gasteiger partial charge in [-0.05, 0) is 18.6 Å². The number of fused-ring (bicyclic) bond motifs is 1. The Morgan fingerprint density at radius 2 is 2.06 bits per heavy atom. The largest absolute Gasteiger partial charge is 0.354 e. The number of hydrogen-bond donors (Lipinski definition) is 0. The van der Waals surface area contributed by atoms with Gasteiger partial charge in [-0.2, -0.15) is 13.5 Å². The lowest BCUT2D eigenvalue weighted by Gasteiger charge is -2.24. The van der Waals surface area contributed by atoms with Gasteiger partial charge >= 0.3 is 0 Å². The minimum atomic E-state index is -3.47. The van der Waals surface area contributed by atoms with Crippen LogP contribution >= 0.6 is 11.3 Å². The Kier molecular flexibility index (Phi) is 5.22. The topological polar surface area (TPSA) is 111 Å². The average molecular weight is 475 g/mol. The standard InChI is InChI=1S/C20H22N6O4S2/c1-24-11-14(10-22-24)26-8-6-16-18(20(26)27)31-19(23-16)13-3-4-17(21-9-13)25-7-5-15(12-25)30-32(2,28)29/h3-4,9-11,15H,5-8,12H2,1-2H3/t15-/m0/s1. The summed E-state index contributed by atoms with van der Waals surface area (Å²) in [5.74, 6) is 0.704. The van der Waals surface area contributed by atoms with Crippen LogP contribution in [0.4, 0.5) is 11.5 Å². The Hall–Kier alpha value is -2.83. The second-order valence-electron chi connectivity index (χ2n) is 7.94. The maximum absolute atomic E-state index is 13.0. The summed E-state index contributed by atoms with van der Waals surface area (Å²) < 4.78 is 29.5. The molecule has 1 fully saturated rings. The van der Waals surface area contributed by atoms with Gasteiger partial charge in [0.25, 0.3) is 16.0 Å². The first-order chi connectivity index (χ1) is 15.3. The first-order valence-corrected chi connectivity index (χ1v) is 12.8. The van der Waals surface area contributed by atoms with Crippen LogP contribution in [0.5, 0.6) is 0 Å². The van der Waals surface area contributed by atoms with E-state index >= 15 is 0 Å². The zero-order valence-electron chi connectivity index (χ0n) is 17.6. The molecule has 168 valence electrons. The van der Waals surface area contributed by atoms with E-state index in [0.29, 0.717) is 37.4 Å². The minimum absolute atomic E-state index is 0.0541. The number of hydrogen-bond acceptors (Lipinski definition) is 9. The van der Waals surface area contributed by atoms with Gasteiger partial charge in [0, 0.05) is 51.1 Å². The maximum Gasteiger partial charge on any atom is 0.270 e. The fraction of sp³-hybridized carbons (Fsp3) is 0.400. The van der Waals surface area contributed by atoms with Crippen molar-refractivity contribution in [1.82, 2.24) is 19.7 Å². The third-order valence-corrected chi connectivity index (χ3v) is 7.24. The van der Waals surface area contributed by atoms with E-state index in [1.54, 1.807) is 22.0 Å². The van der Waals surface area contributed by atoms with Gasteiger partial charge in [-0.25, -0.2) is 9.97 Å². The number of aromatic nitrogens is 4. The lowest BCUT2D eigenvalue weighted by Crippen LogP contribution is -2.36. The molecule has 2 aliphatic rings. The first-order valence-electron chi connectivity index (χ1n) is 10.2. The molecule has 1 saturated heterocycles. The molecule has 5 heterocycles. The van der Waals surface area contributed by atoms with Gasteiger partial charge in [0.1, 0.15) is 15.7 Å². The Bertz CT molecular complexity index is 1270. The van der Waals surface area contributed by atoms with Gasteiger partial charge in [-0.1, -0.05) is 0 Å². The van der Waals surface area contributed by atoms with Crippen LogP contribution < -0.4 is 9.80 Å². The van der Waals surface area contributed by atoms with Crippen molar-refractivity contribution in [1.29, 1.82) is 0 Å². The molecule has 0 spiro atoms. The predicted molar refractivity (Wildman–Crippen MR) is 120 cm³/mol. The van der Waals surface area contributed by atoms with E-state index < -0.39 is 10.1 Å². The number of thiazole rings is 1. The molecule has 3 aromatic rings. The molecule has 0 aromatic carbocycles. The van der Waals surface area contributed by atoms with Gasteiger partial charge in [0.05, 0.1) is 29.9 Å². The Morgan fingerprint density at radius 3 is 2.75 bits per heavy atom. The van der Waals surface area contributed by atoms with Crippen LogP contribution in [-0.2, 0) is 27.8 Å². The molecule has 1 amide bonds. The summed E-state index contributed by atoms with van der Waals surface area (Å²) in [4.78, 5) is 26.6. The van der Waals surface area contributed by atoms with E-state index in [4.69, 9.17) is 9.17 Å². The molecule has 0 saturated carbocycles. The lowest BCUT2D eigenvalue weighted by atomic mass is 10.1. The van der Waals surface area contributed by atoms with E-state index in [0.717, 1.165) is 34.0 Å². The second-order valence-corrected chi connectivity index (χ2v) is 10.5. The fourth-order valence-corrected chi connectivity index (χ4v) is 5.71. The van der Waals surface area contributed by atoms with E-state index in [9.17, 15) is 13.2 Å². The molecule has 0 radical (unpaired) electrons. The molecule has 3 aromatic heterocycles. The summed E-state index contributed by atoms with van der Waals surface area (Å²) in [5, 5.41) is 4.92. The van der Waals surface area contributed by atoms with Crippen LogP contribution in [0.15, 0.2) is 30.7 Å². The number of aryl methyl sites for hydroxylation is 1. The van der Waals surface area contributed by atoms with E-state index in [2.05, 4.69) is 10.1 Å². The summed E-state index contributed by atoms with van der Waals surface area (Å²) in [5.41, 5.74) is 2.45. The van der Waals surface area contributed by atoms with Crippen LogP contribution in [0.2, 0.25) is 0 Å². The third-order valence-electron chi connectivity index (χ3n) is 5.49. The number of amides is 1. The summed E-state index contributed by atoms with van der Waals surface area (Å²) in [6.45, 7) is 1.73. The Labute approximate surface area is 189 Å². The molecule has 10 nitrogen and oxygen atoms in total. The smallest absolute Gasteiger partial charge is 0.270 e. The van der Waals surface area contributed by atoms with Gasteiger partial charge in [0.15, 0.2) is 0 Å². The summed E-state index contributed by atoms with van der Waals surface area (Å²) >= 11 is 1.38. The number of anilines is 2. The summed E-state index contributed by atoms with van der Waals surface area (Å²) in [7, 11) is -1.65. The van der Waals surface area contributed by atoms with Gasteiger partial charge in [-0.15, -0.1) is 11.3 Å². The van der Waals surface area contributed by atoms with Crippen molar-refractivity contribution in [3.05, 3.63) is 41.3 Å². The summed E-state index contributed by atoms with van der Waals surface area (Å²) in [6.07, 6.45) is 7.30. The number of carbonyl (C=O) groups is 1. The van der Waals surface area contributed by atoms with Crippen molar-refractivity contribution in [2.24, 2.45) is 7.05 Å². The highest BCUT2D eigenvalue weighted by Crippen LogP contribution is 2.33. The lowest BCUT2D eigenvalue weighted by molar-refractivity contribution is 0.0984. The van der Waals surface area contributed by atoms with Gasteiger partial charge in [-0.3, -0.25) is 13.7 Å². The van der Waals surface area contributed by atoms with E-state index in [1.807, 2.05) is 30.3 Å². The highest BCUT2D eigenvalue weighted by molar-refractivity contribution is 7.86. The molecule has 1 atom stereocenters. The van der Waals surface area contributed by atoms with Crippen LogP contribution in [-0.4, -0.2) is 66.1 Å². The zero-order valence-corrected chi connectivity index (χ0v) is 19.3. The quantitative estimate of drug-likeness (QED) is 0.514. The van der Waals surface area contributed by atoms with Crippen molar-refractivity contribution in [2.45, 2.75) is 18.9 Å². The van der Waals surface area contributed by atoms with E-state index in [1.165, 1.54) is 11.3 Å². The van der Waals surface area contributed by atoms with Crippen molar-refractivity contribution >= 4 is 38.9 Å². The first kappa shape index (κ1) is 21.0. The molecule has 12 heteroatoms. The maximum atomic E-state index is 13.0. The molecule has 0 N–H and O–H groups in total. The van der Waals surface area contributed by atoms with Crippen LogP contribution in [0.25, 0.3) is 10.6 Å². The fourth-order valence-electron chi connectivity index (χ4n) is 4.01. The average Bonchev–Trinajstić information content (AvgIpc) is 3.47. The third kappa shape index (κ3) is 4.12. The van der Waals surface area contributed by atoms with Gasteiger partial charge in [0.2, 0.25) is 0 Å². The SMILES string of the molecule is Cn1cc(N2CCc3nc(-c4ccc(N5CC[C@H](OS(C)(=O)=O)C5)nc4)sc3C2=O)cn1. The van der Waals surface area contributed by atoms with E-state index in [-0.39, 0.29) is 12.0 Å². The van der Waals surface area contributed by atoms with Crippen molar-refractivity contribution in [2.75, 3.05) is 35.7 Å². The Morgan fingerprint density at radius 1 is 1.22 bits per heavy atom. The number of nitrogens with zero attached hydrogens (tertiary/aromatic N) is 6. The number of carbonyl (C=O) groups excluding carboxylic acids is 1. The van der Waals surface area contributed by atoms with Crippen molar-refractivity contribution in [3.63, 3.8) is 0 Å². The predicted octanol–water partition coefficient (Wildman–Crippen LogP) is 1.70. The molecule has 5 rings (SSSR count). The second kappa shape index (κ2) is 7.94. The molecule has 32 heavy (non-hydrogen) atoms. The molecule has 0 unspecified atom stereocenters. The molecule has 0 aliphatic carbocycles. The number of pyridine rings is 1. The molecular weight excluding hydrogens is 452 g/mol. The normalized spacial score (nSPS) is 18.9. The van der Waals surface area contributed by atoms with Crippen molar-refractivity contribution in [3.8, 4) is 10.6 Å². The summed E-state index contributed by atoms with van der Waals surface area (Å²) in [6, 6.07) is 3.82. The minimum Gasteiger partial charge on any atom is -0.354 e. The van der Waals surface area contributed by atoms with Crippen LogP contribution in [0, 0.1) is 0 Å². The highest BCUT2D eigenvalue weighted by atomic mass is 32.2. The highest BCUT2D eigenvalue weighted by Gasteiger charge is 2.31. The number of rotatable bonds is 5. The monoisotopic (exact) mass is 474 g/mol. The molecule has 2 aliphatic heterocycles. The van der Waals surface area contributed by atoms with Gasteiger partial charge < -0.3 is 9.80 Å². The van der Waals surface area contributed by atoms with Crippen LogP contribution in [0.1, 0.15) is 21.8 Å². The zero-order chi connectivity index (χ0) is 22.5. The van der Waals surface area contributed by atoms with Crippen LogP contribution in [0.3, 0.4) is 0 Å².